The lowest BCUT2D eigenvalue weighted by molar-refractivity contribution is 0.0698. The highest BCUT2D eigenvalue weighted by Crippen LogP contribution is 2.27. The second kappa shape index (κ2) is 8.71. The number of hydrogen-bond acceptors (Lipinski definition) is 6. The van der Waals surface area contributed by atoms with Crippen molar-refractivity contribution in [2.24, 2.45) is 0 Å². The number of ether oxygens (including phenoxy) is 1. The van der Waals surface area contributed by atoms with E-state index >= 15 is 0 Å². The predicted molar refractivity (Wildman–Crippen MR) is 112 cm³/mol. The number of benzene rings is 2. The van der Waals surface area contributed by atoms with Crippen LogP contribution >= 0.6 is 0 Å². The monoisotopic (exact) mass is 419 g/mol. The summed E-state index contributed by atoms with van der Waals surface area (Å²) in [5.41, 5.74) is 0.708. The predicted octanol–water partition coefficient (Wildman–Crippen LogP) is 2.34. The summed E-state index contributed by atoms with van der Waals surface area (Å²) in [5, 5.41) is 9.62. The summed E-state index contributed by atoms with van der Waals surface area (Å²) < 4.78 is 33.1. The number of nitrogens with one attached hydrogen (secondary N) is 1. The average Bonchev–Trinajstić information content (AvgIpc) is 2.69. The fourth-order valence-electron chi connectivity index (χ4n) is 3.14. The standard InChI is InChI=1S/C20H25N3O5S/c1-3-28-16-5-7-17(8-6-16)29(26,27)21-19-9-4-15(14-18(19)20(24)25)23-12-10-22(2)11-13-23/h4-9,14,21H,3,10-13H2,1-2H3,(H,24,25). The van der Waals surface area contributed by atoms with E-state index in [2.05, 4.69) is 14.5 Å². The van der Waals surface area contributed by atoms with Gasteiger partial charge in [-0.2, -0.15) is 0 Å². The fraction of sp³-hybridized carbons (Fsp3) is 0.350. The summed E-state index contributed by atoms with van der Waals surface area (Å²) >= 11 is 0. The fourth-order valence-corrected chi connectivity index (χ4v) is 4.22. The highest BCUT2D eigenvalue weighted by Gasteiger charge is 2.21. The van der Waals surface area contributed by atoms with Gasteiger partial charge in [0.15, 0.2) is 0 Å². The van der Waals surface area contributed by atoms with Crippen molar-refractivity contribution in [2.45, 2.75) is 11.8 Å². The average molecular weight is 420 g/mol. The number of nitrogens with zero attached hydrogens (tertiary/aromatic N) is 2. The van der Waals surface area contributed by atoms with Crippen LogP contribution in [0.5, 0.6) is 5.75 Å². The molecule has 1 fully saturated rings. The van der Waals surface area contributed by atoms with Crippen LogP contribution < -0.4 is 14.4 Å². The van der Waals surface area contributed by atoms with E-state index in [0.29, 0.717) is 12.4 Å². The molecule has 29 heavy (non-hydrogen) atoms. The minimum atomic E-state index is -3.94. The first kappa shape index (κ1) is 20.9. The summed E-state index contributed by atoms with van der Waals surface area (Å²) in [6.45, 7) is 5.65. The van der Waals surface area contributed by atoms with Gasteiger partial charge in [0.25, 0.3) is 10.0 Å². The van der Waals surface area contributed by atoms with Gasteiger partial charge < -0.3 is 19.6 Å². The van der Waals surface area contributed by atoms with Crippen molar-refractivity contribution >= 4 is 27.4 Å². The van der Waals surface area contributed by atoms with Gasteiger partial charge in [-0.15, -0.1) is 0 Å². The Morgan fingerprint density at radius 3 is 2.34 bits per heavy atom. The zero-order chi connectivity index (χ0) is 21.0. The van der Waals surface area contributed by atoms with E-state index in [1.165, 1.54) is 24.3 Å². The zero-order valence-electron chi connectivity index (χ0n) is 16.5. The van der Waals surface area contributed by atoms with E-state index in [-0.39, 0.29) is 16.1 Å². The second-order valence-electron chi connectivity index (χ2n) is 6.84. The lowest BCUT2D eigenvalue weighted by Crippen LogP contribution is -2.44. The summed E-state index contributed by atoms with van der Waals surface area (Å²) in [5.74, 6) is -0.625. The smallest absolute Gasteiger partial charge is 0.337 e. The normalized spacial score (nSPS) is 15.2. The van der Waals surface area contributed by atoms with Crippen molar-refractivity contribution in [3.8, 4) is 5.75 Å². The molecule has 1 heterocycles. The molecule has 1 aliphatic rings. The third-order valence-electron chi connectivity index (χ3n) is 4.79. The molecule has 3 rings (SSSR count). The Bertz CT molecular complexity index is 968. The third-order valence-corrected chi connectivity index (χ3v) is 6.17. The van der Waals surface area contributed by atoms with Crippen molar-refractivity contribution < 1.29 is 23.1 Å². The number of carboxylic acid groups (broad SMARTS) is 1. The molecule has 2 N–H and O–H groups in total. The van der Waals surface area contributed by atoms with Gasteiger partial charge in [0.05, 0.1) is 22.8 Å². The molecular formula is C20H25N3O5S. The quantitative estimate of drug-likeness (QED) is 0.711. The van der Waals surface area contributed by atoms with Gasteiger partial charge in [-0.05, 0) is 56.4 Å². The molecular weight excluding hydrogens is 394 g/mol. The van der Waals surface area contributed by atoms with Crippen molar-refractivity contribution in [1.82, 2.24) is 4.90 Å². The van der Waals surface area contributed by atoms with Crippen molar-refractivity contribution in [2.75, 3.05) is 49.5 Å². The van der Waals surface area contributed by atoms with Gasteiger partial charge in [0, 0.05) is 31.9 Å². The van der Waals surface area contributed by atoms with Crippen LogP contribution in [-0.2, 0) is 10.0 Å². The Balaban J connectivity index is 1.84. The number of anilines is 2. The van der Waals surface area contributed by atoms with Crippen LogP contribution in [0, 0.1) is 0 Å². The molecule has 1 aliphatic heterocycles. The second-order valence-corrected chi connectivity index (χ2v) is 8.52. The maximum absolute atomic E-state index is 12.7. The molecule has 156 valence electrons. The summed E-state index contributed by atoms with van der Waals surface area (Å²) in [6.07, 6.45) is 0. The number of carbonyl (C=O) groups is 1. The molecule has 9 heteroatoms. The van der Waals surface area contributed by atoms with Crippen molar-refractivity contribution in [3.63, 3.8) is 0 Å². The number of piperazine rings is 1. The number of carboxylic acids is 1. The Morgan fingerprint density at radius 1 is 1.10 bits per heavy atom. The first-order chi connectivity index (χ1) is 13.8. The topological polar surface area (TPSA) is 99.2 Å². The van der Waals surface area contributed by atoms with Crippen LogP contribution in [0.1, 0.15) is 17.3 Å². The van der Waals surface area contributed by atoms with Gasteiger partial charge in [-0.25, -0.2) is 13.2 Å². The molecule has 1 saturated heterocycles. The van der Waals surface area contributed by atoms with Crippen LogP contribution in [0.25, 0.3) is 0 Å². The van der Waals surface area contributed by atoms with Crippen LogP contribution in [-0.4, -0.2) is 64.2 Å². The van der Waals surface area contributed by atoms with Gasteiger partial charge in [-0.3, -0.25) is 4.72 Å². The van der Waals surface area contributed by atoms with Gasteiger partial charge in [0.2, 0.25) is 0 Å². The number of likely N-dealkylation sites (N-methyl/N-ethyl adjacent to an activating group) is 1. The van der Waals surface area contributed by atoms with E-state index in [1.54, 1.807) is 18.2 Å². The molecule has 0 aliphatic carbocycles. The Kier molecular flexibility index (Phi) is 6.29. The molecule has 0 bridgehead atoms. The molecule has 0 radical (unpaired) electrons. The summed E-state index contributed by atoms with van der Waals surface area (Å²) in [6, 6.07) is 10.7. The molecule has 8 nitrogen and oxygen atoms in total. The van der Waals surface area contributed by atoms with Gasteiger partial charge in [-0.1, -0.05) is 0 Å². The number of sulfonamides is 1. The zero-order valence-corrected chi connectivity index (χ0v) is 17.3. The highest BCUT2D eigenvalue weighted by atomic mass is 32.2. The maximum Gasteiger partial charge on any atom is 0.337 e. The SMILES string of the molecule is CCOc1ccc(S(=O)(=O)Nc2ccc(N3CCN(C)CC3)cc2C(=O)O)cc1. The maximum atomic E-state index is 12.7. The summed E-state index contributed by atoms with van der Waals surface area (Å²) in [7, 11) is -1.89. The first-order valence-electron chi connectivity index (χ1n) is 9.36. The Labute approximate surface area is 170 Å². The largest absolute Gasteiger partial charge is 0.494 e. The molecule has 0 saturated carbocycles. The molecule has 0 unspecified atom stereocenters. The minimum absolute atomic E-state index is 0.0282. The summed E-state index contributed by atoms with van der Waals surface area (Å²) in [4.78, 5) is 16.1. The number of hydrogen-bond donors (Lipinski definition) is 2. The number of aromatic carboxylic acids is 1. The van der Waals surface area contributed by atoms with Crippen molar-refractivity contribution in [3.05, 3.63) is 48.0 Å². The Hall–Kier alpha value is -2.78. The van der Waals surface area contributed by atoms with E-state index in [4.69, 9.17) is 4.74 Å². The van der Waals surface area contributed by atoms with Crippen molar-refractivity contribution in [1.29, 1.82) is 0 Å². The molecule has 0 aromatic heterocycles. The van der Waals surface area contributed by atoms with Crippen LogP contribution in [0.2, 0.25) is 0 Å². The first-order valence-corrected chi connectivity index (χ1v) is 10.8. The molecule has 2 aromatic rings. The van der Waals surface area contributed by atoms with Crippen LogP contribution in [0.3, 0.4) is 0 Å². The van der Waals surface area contributed by atoms with E-state index in [0.717, 1.165) is 31.9 Å². The molecule has 0 amide bonds. The lowest BCUT2D eigenvalue weighted by atomic mass is 10.1. The highest BCUT2D eigenvalue weighted by molar-refractivity contribution is 7.92. The van der Waals surface area contributed by atoms with E-state index in [1.807, 2.05) is 14.0 Å². The van der Waals surface area contributed by atoms with Crippen LogP contribution in [0.4, 0.5) is 11.4 Å². The lowest BCUT2D eigenvalue weighted by Gasteiger charge is -2.34. The third kappa shape index (κ3) is 4.99. The number of rotatable bonds is 7. The van der Waals surface area contributed by atoms with Crippen LogP contribution in [0.15, 0.2) is 47.4 Å². The van der Waals surface area contributed by atoms with Gasteiger partial charge in [0.1, 0.15) is 5.75 Å². The van der Waals surface area contributed by atoms with E-state index in [9.17, 15) is 18.3 Å². The Morgan fingerprint density at radius 2 is 1.76 bits per heavy atom. The molecule has 0 atom stereocenters. The minimum Gasteiger partial charge on any atom is -0.494 e. The van der Waals surface area contributed by atoms with Gasteiger partial charge >= 0.3 is 5.97 Å². The molecule has 2 aromatic carbocycles. The molecule has 0 spiro atoms. The van der Waals surface area contributed by atoms with E-state index < -0.39 is 16.0 Å².